The second-order valence-electron chi connectivity index (χ2n) is 5.09. The van der Waals surface area contributed by atoms with Gasteiger partial charge in [0.1, 0.15) is 17.9 Å². The Hall–Kier alpha value is -1.77. The normalized spacial score (nSPS) is 11.0. The number of hydrogen-bond donors (Lipinski definition) is 2. The van der Waals surface area contributed by atoms with Gasteiger partial charge in [-0.15, -0.1) is 24.0 Å². The molecule has 24 heavy (non-hydrogen) atoms. The van der Waals surface area contributed by atoms with Crippen LogP contribution in [0.3, 0.4) is 0 Å². The number of nitrogens with zero attached hydrogens (tertiary/aromatic N) is 1. The minimum atomic E-state index is -0.249. The summed E-state index contributed by atoms with van der Waals surface area (Å²) in [6.45, 7) is 5.67. The molecule has 0 atom stereocenters. The van der Waals surface area contributed by atoms with E-state index < -0.39 is 0 Å². The molecule has 0 saturated carbocycles. The van der Waals surface area contributed by atoms with Gasteiger partial charge >= 0.3 is 5.97 Å². The molecular formula is C17H24IN3O3. The molecule has 2 rings (SSSR count). The van der Waals surface area contributed by atoms with Crippen LogP contribution in [0.2, 0.25) is 0 Å². The smallest absolute Gasteiger partial charge is 0.307 e. The largest absolute Gasteiger partial charge is 0.469 e. The number of fused-ring (bicyclic) bond motifs is 1. The van der Waals surface area contributed by atoms with Crippen LogP contribution in [0, 0.1) is 6.92 Å². The maximum Gasteiger partial charge on any atom is 0.307 e. The highest BCUT2D eigenvalue weighted by Gasteiger charge is 2.09. The highest BCUT2D eigenvalue weighted by Crippen LogP contribution is 2.25. The molecule has 0 aliphatic heterocycles. The summed E-state index contributed by atoms with van der Waals surface area (Å²) in [5.74, 6) is 1.24. The van der Waals surface area contributed by atoms with Crippen molar-refractivity contribution >= 4 is 46.9 Å². The quantitative estimate of drug-likeness (QED) is 0.310. The molecule has 0 aliphatic rings. The van der Waals surface area contributed by atoms with E-state index >= 15 is 0 Å². The third-order valence-corrected chi connectivity index (χ3v) is 3.52. The van der Waals surface area contributed by atoms with E-state index in [0.29, 0.717) is 25.5 Å². The van der Waals surface area contributed by atoms with Crippen LogP contribution in [0.1, 0.15) is 24.7 Å². The van der Waals surface area contributed by atoms with E-state index in [4.69, 9.17) is 4.42 Å². The summed E-state index contributed by atoms with van der Waals surface area (Å²) in [6.07, 6.45) is 0.296. The van der Waals surface area contributed by atoms with Crippen LogP contribution in [0.15, 0.2) is 33.7 Å². The van der Waals surface area contributed by atoms with Gasteiger partial charge in [0.25, 0.3) is 0 Å². The lowest BCUT2D eigenvalue weighted by molar-refractivity contribution is -0.140. The van der Waals surface area contributed by atoms with Gasteiger partial charge in [0.05, 0.1) is 13.5 Å². The van der Waals surface area contributed by atoms with Crippen molar-refractivity contribution in [1.29, 1.82) is 0 Å². The number of guanidine groups is 1. The van der Waals surface area contributed by atoms with Crippen molar-refractivity contribution in [1.82, 2.24) is 10.6 Å². The molecule has 0 spiro atoms. The number of methoxy groups -OCH3 is 1. The maximum absolute atomic E-state index is 11.1. The van der Waals surface area contributed by atoms with E-state index in [1.807, 2.05) is 38.1 Å². The molecule has 1 aromatic heterocycles. The van der Waals surface area contributed by atoms with Crippen LogP contribution in [-0.2, 0) is 16.1 Å². The Morgan fingerprint density at radius 1 is 1.29 bits per heavy atom. The molecule has 7 heteroatoms. The monoisotopic (exact) mass is 445 g/mol. The molecule has 2 aromatic rings. The van der Waals surface area contributed by atoms with Gasteiger partial charge in [-0.3, -0.25) is 4.79 Å². The Labute approximate surface area is 159 Å². The number of para-hydroxylation sites is 1. The Balaban J connectivity index is 0.00000288. The summed E-state index contributed by atoms with van der Waals surface area (Å²) in [7, 11) is 1.38. The van der Waals surface area contributed by atoms with E-state index in [1.54, 1.807) is 0 Å². The van der Waals surface area contributed by atoms with Gasteiger partial charge in [-0.2, -0.15) is 0 Å². The molecule has 0 fully saturated rings. The van der Waals surface area contributed by atoms with Crippen LogP contribution >= 0.6 is 24.0 Å². The van der Waals surface area contributed by atoms with Crippen molar-refractivity contribution in [2.45, 2.75) is 26.8 Å². The van der Waals surface area contributed by atoms with Gasteiger partial charge in [0.2, 0.25) is 0 Å². The number of benzene rings is 1. The van der Waals surface area contributed by atoms with Crippen molar-refractivity contribution in [3.63, 3.8) is 0 Å². The molecule has 0 radical (unpaired) electrons. The molecule has 0 unspecified atom stereocenters. The highest BCUT2D eigenvalue weighted by atomic mass is 127. The molecule has 2 N–H and O–H groups in total. The summed E-state index contributed by atoms with van der Waals surface area (Å²) >= 11 is 0. The van der Waals surface area contributed by atoms with Crippen molar-refractivity contribution < 1.29 is 13.9 Å². The van der Waals surface area contributed by atoms with Gasteiger partial charge in [0, 0.05) is 24.0 Å². The number of carbonyl (C=O) groups excluding carboxylic acids is 1. The first-order valence-corrected chi connectivity index (χ1v) is 7.71. The van der Waals surface area contributed by atoms with Crippen LogP contribution in [0.25, 0.3) is 11.0 Å². The zero-order valence-electron chi connectivity index (χ0n) is 14.2. The summed E-state index contributed by atoms with van der Waals surface area (Å²) in [5, 5.41) is 7.36. The number of hydrogen-bond acceptors (Lipinski definition) is 4. The molecule has 0 bridgehead atoms. The van der Waals surface area contributed by atoms with Gasteiger partial charge in [0.15, 0.2) is 5.96 Å². The van der Waals surface area contributed by atoms with Crippen LogP contribution < -0.4 is 10.6 Å². The maximum atomic E-state index is 11.1. The van der Waals surface area contributed by atoms with Crippen LogP contribution in [-0.4, -0.2) is 32.1 Å². The molecule has 0 aliphatic carbocycles. The van der Waals surface area contributed by atoms with E-state index in [2.05, 4.69) is 20.4 Å². The van der Waals surface area contributed by atoms with E-state index in [1.165, 1.54) is 7.11 Å². The summed E-state index contributed by atoms with van der Waals surface area (Å²) in [6, 6.07) is 7.95. The summed E-state index contributed by atoms with van der Waals surface area (Å²) in [4.78, 5) is 15.6. The zero-order chi connectivity index (χ0) is 16.7. The lowest BCUT2D eigenvalue weighted by atomic mass is 10.1. The van der Waals surface area contributed by atoms with E-state index in [0.717, 1.165) is 28.8 Å². The second kappa shape index (κ2) is 10.2. The highest BCUT2D eigenvalue weighted by molar-refractivity contribution is 14.0. The molecule has 0 saturated heterocycles. The Morgan fingerprint density at radius 2 is 2.04 bits per heavy atom. The van der Waals surface area contributed by atoms with Gasteiger partial charge in [-0.1, -0.05) is 18.2 Å². The molecule has 0 amide bonds. The fraction of sp³-hybridized carbons (Fsp3) is 0.412. The molecular weight excluding hydrogens is 421 g/mol. The molecule has 6 nitrogen and oxygen atoms in total. The van der Waals surface area contributed by atoms with Gasteiger partial charge in [-0.25, -0.2) is 4.99 Å². The molecule has 132 valence electrons. The van der Waals surface area contributed by atoms with Gasteiger partial charge in [-0.05, 0) is 19.9 Å². The number of aryl methyl sites for hydroxylation is 1. The average molecular weight is 445 g/mol. The third-order valence-electron chi connectivity index (χ3n) is 3.52. The third kappa shape index (κ3) is 5.40. The number of carbonyl (C=O) groups is 1. The molecule has 1 aromatic carbocycles. The number of halogens is 1. The topological polar surface area (TPSA) is 75.9 Å². The fourth-order valence-electron chi connectivity index (χ4n) is 2.25. The number of ether oxygens (including phenoxy) is 1. The van der Waals surface area contributed by atoms with Gasteiger partial charge < -0.3 is 19.8 Å². The number of esters is 1. The Bertz CT molecular complexity index is 697. The summed E-state index contributed by atoms with van der Waals surface area (Å²) in [5.41, 5.74) is 1.98. The Morgan fingerprint density at radius 3 is 2.71 bits per heavy atom. The van der Waals surface area contributed by atoms with Crippen molar-refractivity contribution in [2.75, 3.05) is 20.2 Å². The van der Waals surface area contributed by atoms with Crippen molar-refractivity contribution in [3.05, 3.63) is 35.6 Å². The molecule has 1 heterocycles. The lowest BCUT2D eigenvalue weighted by Crippen LogP contribution is -2.38. The first-order valence-electron chi connectivity index (χ1n) is 7.71. The van der Waals surface area contributed by atoms with E-state index in [-0.39, 0.29) is 29.9 Å². The fourth-order valence-corrected chi connectivity index (χ4v) is 2.25. The van der Waals surface area contributed by atoms with E-state index in [9.17, 15) is 4.79 Å². The van der Waals surface area contributed by atoms with Crippen molar-refractivity contribution in [2.24, 2.45) is 4.99 Å². The second-order valence-corrected chi connectivity index (χ2v) is 5.09. The first-order chi connectivity index (χ1) is 11.2. The summed E-state index contributed by atoms with van der Waals surface area (Å²) < 4.78 is 10.5. The lowest BCUT2D eigenvalue weighted by Gasteiger charge is -2.10. The predicted molar refractivity (Wildman–Crippen MR) is 106 cm³/mol. The SMILES string of the molecule is CCNC(=NCc1oc2ccccc2c1C)NCCC(=O)OC.I. The number of aliphatic imine (C=N–C) groups is 1. The number of rotatable bonds is 6. The minimum absolute atomic E-state index is 0. The van der Waals surface area contributed by atoms with Crippen LogP contribution in [0.4, 0.5) is 0 Å². The number of nitrogens with one attached hydrogen (secondary N) is 2. The Kier molecular flexibility index (Phi) is 8.59. The standard InChI is InChI=1S/C17H23N3O3.HI/c1-4-18-17(19-10-9-16(21)22-3)20-11-15-12(2)13-7-5-6-8-14(13)23-15;/h5-8H,4,9-11H2,1-3H3,(H2,18,19,20);1H. The average Bonchev–Trinajstić information content (AvgIpc) is 2.89. The zero-order valence-corrected chi connectivity index (χ0v) is 16.5. The first kappa shape index (κ1) is 20.3. The van der Waals surface area contributed by atoms with Crippen LogP contribution in [0.5, 0.6) is 0 Å². The predicted octanol–water partition coefficient (Wildman–Crippen LogP) is 2.98. The van der Waals surface area contributed by atoms with Crippen molar-refractivity contribution in [3.8, 4) is 0 Å². The number of furan rings is 1. The minimum Gasteiger partial charge on any atom is -0.469 e.